The Morgan fingerprint density at radius 2 is 1.83 bits per heavy atom. The minimum Gasteiger partial charge on any atom is -0.484 e. The summed E-state index contributed by atoms with van der Waals surface area (Å²) in [6.45, 7) is 1.68. The van der Waals surface area contributed by atoms with E-state index in [9.17, 15) is 9.59 Å². The van der Waals surface area contributed by atoms with Crippen LogP contribution in [0.15, 0.2) is 72.9 Å². The summed E-state index contributed by atoms with van der Waals surface area (Å²) in [7, 11) is 0. The van der Waals surface area contributed by atoms with Crippen LogP contribution in [0.5, 0.6) is 5.75 Å². The molecular weight excluding hydrogens is 364 g/mol. The molecule has 3 rings (SSSR count). The van der Waals surface area contributed by atoms with E-state index in [2.05, 4.69) is 22.1 Å². The Bertz CT molecular complexity index is 1050. The van der Waals surface area contributed by atoms with Gasteiger partial charge in [0.2, 0.25) is 0 Å². The highest BCUT2D eigenvalue weighted by Gasteiger charge is 2.06. The zero-order valence-corrected chi connectivity index (χ0v) is 16.0. The van der Waals surface area contributed by atoms with Gasteiger partial charge in [-0.25, -0.2) is 4.98 Å². The van der Waals surface area contributed by atoms with Crippen LogP contribution in [0.3, 0.4) is 0 Å². The van der Waals surface area contributed by atoms with Crippen molar-refractivity contribution in [2.45, 2.75) is 13.3 Å². The zero-order valence-electron chi connectivity index (χ0n) is 16.0. The lowest BCUT2D eigenvalue weighted by molar-refractivity contribution is -0.118. The maximum absolute atomic E-state index is 12.2. The number of aromatic nitrogens is 1. The second-order valence-corrected chi connectivity index (χ2v) is 6.18. The van der Waals surface area contributed by atoms with E-state index in [0.29, 0.717) is 29.1 Å². The molecule has 0 unspecified atom stereocenters. The number of anilines is 1. The van der Waals surface area contributed by atoms with Crippen LogP contribution in [-0.2, 0) is 4.79 Å². The predicted octanol–water partition coefficient (Wildman–Crippen LogP) is 4.09. The van der Waals surface area contributed by atoms with Crippen molar-refractivity contribution < 1.29 is 14.3 Å². The molecule has 3 aromatic rings. The first-order valence-corrected chi connectivity index (χ1v) is 9.23. The maximum atomic E-state index is 12.2. The fourth-order valence-electron chi connectivity index (χ4n) is 2.53. The summed E-state index contributed by atoms with van der Waals surface area (Å²) in [5.74, 6) is 6.33. The first kappa shape index (κ1) is 19.8. The molecular formula is C24H20N2O3. The number of hydrogen-bond acceptors (Lipinski definition) is 4. The molecule has 0 aliphatic heterocycles. The summed E-state index contributed by atoms with van der Waals surface area (Å²) in [6, 6.07) is 19.6. The Labute approximate surface area is 169 Å². The van der Waals surface area contributed by atoms with E-state index in [4.69, 9.17) is 4.74 Å². The molecule has 1 amide bonds. The second-order valence-electron chi connectivity index (χ2n) is 6.18. The fourth-order valence-corrected chi connectivity index (χ4v) is 2.53. The normalized spacial score (nSPS) is 9.83. The van der Waals surface area contributed by atoms with Gasteiger partial charge in [-0.2, -0.15) is 0 Å². The number of nitrogens with zero attached hydrogens (tertiary/aromatic N) is 1. The monoisotopic (exact) mass is 384 g/mol. The lowest BCUT2D eigenvalue weighted by Gasteiger charge is -2.08. The highest BCUT2D eigenvalue weighted by molar-refractivity contribution is 5.96. The van der Waals surface area contributed by atoms with Gasteiger partial charge in [0.25, 0.3) is 5.91 Å². The number of Topliss-reactive ketones (excluding diaryl/α,β-unsaturated/α-hetero) is 1. The first-order valence-electron chi connectivity index (χ1n) is 9.23. The third-order valence-electron chi connectivity index (χ3n) is 4.01. The lowest BCUT2D eigenvalue weighted by Crippen LogP contribution is -2.20. The summed E-state index contributed by atoms with van der Waals surface area (Å²) in [4.78, 5) is 28.0. The molecule has 0 radical (unpaired) electrons. The molecule has 1 aromatic heterocycles. The van der Waals surface area contributed by atoms with E-state index in [1.165, 1.54) is 0 Å². The van der Waals surface area contributed by atoms with Crippen LogP contribution in [0.2, 0.25) is 0 Å². The van der Waals surface area contributed by atoms with E-state index in [0.717, 1.165) is 5.56 Å². The van der Waals surface area contributed by atoms with Gasteiger partial charge in [0.05, 0.1) is 0 Å². The Morgan fingerprint density at radius 3 is 2.55 bits per heavy atom. The third kappa shape index (κ3) is 6.05. The number of ether oxygens (including phenoxy) is 1. The Morgan fingerprint density at radius 1 is 1.00 bits per heavy atom. The smallest absolute Gasteiger partial charge is 0.262 e. The second kappa shape index (κ2) is 9.86. The molecule has 5 nitrogen and oxygen atoms in total. The van der Waals surface area contributed by atoms with E-state index in [-0.39, 0.29) is 18.3 Å². The van der Waals surface area contributed by atoms with Crippen LogP contribution < -0.4 is 10.1 Å². The molecule has 0 saturated heterocycles. The van der Waals surface area contributed by atoms with Crippen LogP contribution in [0, 0.1) is 11.8 Å². The van der Waals surface area contributed by atoms with Crippen molar-refractivity contribution in [1.82, 2.24) is 4.98 Å². The minimum absolute atomic E-state index is 0.0697. The molecule has 1 N–H and O–H groups in total. The van der Waals surface area contributed by atoms with Gasteiger partial charge in [-0.15, -0.1) is 0 Å². The predicted molar refractivity (Wildman–Crippen MR) is 112 cm³/mol. The van der Waals surface area contributed by atoms with Crippen molar-refractivity contribution in [2.24, 2.45) is 0 Å². The third-order valence-corrected chi connectivity index (χ3v) is 4.01. The summed E-state index contributed by atoms with van der Waals surface area (Å²) in [5, 5.41) is 2.79. The average molecular weight is 384 g/mol. The van der Waals surface area contributed by atoms with Gasteiger partial charge in [-0.3, -0.25) is 9.59 Å². The molecule has 29 heavy (non-hydrogen) atoms. The van der Waals surface area contributed by atoms with Crippen molar-refractivity contribution in [3.63, 3.8) is 0 Å². The standard InChI is InChI=1S/C24H20N2O3/c1-2-23(27)19-10-13-22(14-11-19)29-17-24(28)26-21-8-5-6-18(16-21)9-12-20-7-3-4-15-25-20/h3-8,10-11,13-16H,2,17H2,1H3,(H,26,28). The molecule has 1 heterocycles. The number of benzene rings is 2. The summed E-state index contributed by atoms with van der Waals surface area (Å²) in [6.07, 6.45) is 2.14. The molecule has 0 aliphatic rings. The number of rotatable bonds is 6. The van der Waals surface area contributed by atoms with Gasteiger partial charge >= 0.3 is 0 Å². The van der Waals surface area contributed by atoms with E-state index in [1.54, 1.807) is 42.6 Å². The van der Waals surface area contributed by atoms with E-state index in [1.807, 2.05) is 37.3 Å². The lowest BCUT2D eigenvalue weighted by atomic mass is 10.1. The highest BCUT2D eigenvalue weighted by atomic mass is 16.5. The van der Waals surface area contributed by atoms with Gasteiger partial charge in [0, 0.05) is 29.4 Å². The molecule has 0 aliphatic carbocycles. The summed E-state index contributed by atoms with van der Waals surface area (Å²) in [5.41, 5.74) is 2.72. The number of carbonyl (C=O) groups is 2. The average Bonchev–Trinajstić information content (AvgIpc) is 2.77. The van der Waals surface area contributed by atoms with Crippen LogP contribution in [-0.4, -0.2) is 23.3 Å². The topological polar surface area (TPSA) is 68.3 Å². The maximum Gasteiger partial charge on any atom is 0.262 e. The molecule has 0 saturated carbocycles. The van der Waals surface area contributed by atoms with E-state index >= 15 is 0 Å². The summed E-state index contributed by atoms with van der Waals surface area (Å²) >= 11 is 0. The van der Waals surface area contributed by atoms with E-state index < -0.39 is 0 Å². The number of ketones is 1. The number of nitrogens with one attached hydrogen (secondary N) is 1. The SMILES string of the molecule is CCC(=O)c1ccc(OCC(=O)Nc2cccc(C#Cc3ccccn3)c2)cc1. The van der Waals surface area contributed by atoms with Crippen LogP contribution >= 0.6 is 0 Å². The molecule has 0 bridgehead atoms. The molecule has 0 spiro atoms. The van der Waals surface area contributed by atoms with Gasteiger partial charge in [0.1, 0.15) is 11.4 Å². The number of amides is 1. The summed E-state index contributed by atoms with van der Waals surface area (Å²) < 4.78 is 5.48. The molecule has 0 atom stereocenters. The zero-order chi connectivity index (χ0) is 20.5. The molecule has 2 aromatic carbocycles. The largest absolute Gasteiger partial charge is 0.484 e. The number of hydrogen-bond donors (Lipinski definition) is 1. The fraction of sp³-hybridized carbons (Fsp3) is 0.125. The van der Waals surface area contributed by atoms with Crippen molar-refractivity contribution >= 4 is 17.4 Å². The van der Waals surface area contributed by atoms with Crippen LogP contribution in [0.25, 0.3) is 0 Å². The van der Waals surface area contributed by atoms with Gasteiger partial charge in [-0.05, 0) is 60.5 Å². The highest BCUT2D eigenvalue weighted by Crippen LogP contribution is 2.14. The van der Waals surface area contributed by atoms with Crippen LogP contribution in [0.4, 0.5) is 5.69 Å². The van der Waals surface area contributed by atoms with Crippen molar-refractivity contribution in [3.05, 3.63) is 89.7 Å². The van der Waals surface area contributed by atoms with Gasteiger partial charge in [-0.1, -0.05) is 25.0 Å². The first-order chi connectivity index (χ1) is 14.1. The van der Waals surface area contributed by atoms with Crippen molar-refractivity contribution in [1.29, 1.82) is 0 Å². The van der Waals surface area contributed by atoms with Gasteiger partial charge in [0.15, 0.2) is 12.4 Å². The van der Waals surface area contributed by atoms with Gasteiger partial charge < -0.3 is 10.1 Å². The molecule has 5 heteroatoms. The molecule has 0 fully saturated rings. The number of carbonyl (C=O) groups excluding carboxylic acids is 2. The van der Waals surface area contributed by atoms with Crippen molar-refractivity contribution in [3.8, 4) is 17.6 Å². The Hall–Kier alpha value is -3.91. The quantitative estimate of drug-likeness (QED) is 0.513. The molecule has 144 valence electrons. The Kier molecular flexibility index (Phi) is 6.75. The van der Waals surface area contributed by atoms with Crippen LogP contribution in [0.1, 0.15) is 35.0 Å². The van der Waals surface area contributed by atoms with Crippen molar-refractivity contribution in [2.75, 3.05) is 11.9 Å². The Balaban J connectivity index is 1.55. The minimum atomic E-state index is -0.284. The number of pyridine rings is 1.